The zero-order valence-electron chi connectivity index (χ0n) is 16.6. The maximum Gasteiger partial charge on any atom is 0.220 e. The number of nitrogen functional groups attached to an aromatic ring is 1. The molecule has 5 rings (SSSR count). The number of hydrogen-bond donors (Lipinski definition) is 3. The minimum Gasteiger partial charge on any atom is -0.392 e. The molecule has 3 aromatic heterocycles. The van der Waals surface area contributed by atoms with Crippen molar-refractivity contribution in [3.63, 3.8) is 0 Å². The van der Waals surface area contributed by atoms with Crippen LogP contribution in [0, 0.1) is 0 Å². The number of nitrogens with one attached hydrogen (secondary N) is 1. The van der Waals surface area contributed by atoms with Gasteiger partial charge in [-0.3, -0.25) is 0 Å². The lowest BCUT2D eigenvalue weighted by Gasteiger charge is -2.27. The van der Waals surface area contributed by atoms with Crippen LogP contribution in [-0.4, -0.2) is 58.7 Å². The number of β-amino-alcohol motifs (C(OH)–C–C–N with tert-alkyl or cyclic N) is 1. The van der Waals surface area contributed by atoms with Gasteiger partial charge in [-0.2, -0.15) is 5.10 Å². The van der Waals surface area contributed by atoms with E-state index in [0.29, 0.717) is 17.3 Å². The van der Waals surface area contributed by atoms with Gasteiger partial charge in [-0.15, -0.1) is 0 Å². The van der Waals surface area contributed by atoms with Crippen LogP contribution < -0.4 is 11.1 Å². The Morgan fingerprint density at radius 3 is 2.90 bits per heavy atom. The molecule has 0 bridgehead atoms. The maximum absolute atomic E-state index is 10.9. The van der Waals surface area contributed by atoms with E-state index >= 15 is 0 Å². The average Bonchev–Trinajstić information content (AvgIpc) is 3.36. The Balaban J connectivity index is 0.000000185. The standard InChI is InChI=1S/C13H11ClN6.C6H13NO2S/c14-9-5-17-13(15)19-12(9)8-4-18-20-10(8)2-1-7-3-16-6-11(7)20;1-10(9)7-4-2-3-6(8)5-7/h1-2,4-5,16H,3,6H2,(H2,15,17,19);6,8H,2-5H2,1H3. The third-order valence-corrected chi connectivity index (χ3v) is 6.56. The normalized spacial score (nSPS) is 19.9. The first-order valence-corrected chi connectivity index (χ1v) is 11.6. The Kier molecular flexibility index (Phi) is 6.30. The molecule has 3 aromatic rings. The van der Waals surface area contributed by atoms with Crippen molar-refractivity contribution in [3.05, 3.63) is 40.8 Å². The minimum atomic E-state index is -0.899. The van der Waals surface area contributed by atoms with Crippen molar-refractivity contribution < 1.29 is 9.32 Å². The fourth-order valence-electron chi connectivity index (χ4n) is 3.72. The molecule has 0 aromatic carbocycles. The van der Waals surface area contributed by atoms with E-state index < -0.39 is 11.0 Å². The molecule has 0 spiro atoms. The summed E-state index contributed by atoms with van der Waals surface area (Å²) in [6, 6.07) is 4.14. The smallest absolute Gasteiger partial charge is 0.220 e. The summed E-state index contributed by atoms with van der Waals surface area (Å²) in [5, 5.41) is 17.4. The number of hydrogen-bond acceptors (Lipinski definition) is 7. The number of rotatable bonds is 2. The molecule has 4 N–H and O–H groups in total. The van der Waals surface area contributed by atoms with E-state index in [4.69, 9.17) is 22.4 Å². The first-order chi connectivity index (χ1) is 14.4. The molecule has 2 unspecified atom stereocenters. The van der Waals surface area contributed by atoms with Gasteiger partial charge in [-0.1, -0.05) is 17.7 Å². The fraction of sp³-hybridized carbons (Fsp3) is 0.421. The third-order valence-electron chi connectivity index (χ3n) is 5.22. The maximum atomic E-state index is 10.9. The molecular weight excluding hydrogens is 426 g/mol. The fourth-order valence-corrected chi connectivity index (χ4v) is 4.68. The second-order valence-corrected chi connectivity index (χ2v) is 9.07. The highest BCUT2D eigenvalue weighted by atomic mass is 35.5. The number of aromatic nitrogens is 4. The van der Waals surface area contributed by atoms with Gasteiger partial charge in [0.15, 0.2) is 0 Å². The van der Waals surface area contributed by atoms with Crippen LogP contribution in [0.4, 0.5) is 5.95 Å². The average molecular weight is 450 g/mol. The van der Waals surface area contributed by atoms with Crippen molar-refractivity contribution in [2.45, 2.75) is 32.0 Å². The second-order valence-electron chi connectivity index (χ2n) is 7.30. The van der Waals surface area contributed by atoms with E-state index in [1.165, 1.54) is 17.5 Å². The number of halogens is 1. The van der Waals surface area contributed by atoms with Gasteiger partial charge in [0.25, 0.3) is 0 Å². The quantitative estimate of drug-likeness (QED) is 0.540. The summed E-state index contributed by atoms with van der Waals surface area (Å²) in [5.74, 6) is 0.201. The van der Waals surface area contributed by atoms with Gasteiger partial charge in [0.05, 0.1) is 51.4 Å². The predicted octanol–water partition coefficient (Wildman–Crippen LogP) is 1.37. The van der Waals surface area contributed by atoms with Crippen molar-refractivity contribution in [2.75, 3.05) is 25.1 Å². The van der Waals surface area contributed by atoms with Crippen LogP contribution in [0.15, 0.2) is 24.5 Å². The number of aliphatic hydroxyl groups excluding tert-OH is 1. The summed E-state index contributed by atoms with van der Waals surface area (Å²) < 4.78 is 14.6. The highest BCUT2D eigenvalue weighted by Gasteiger charge is 2.20. The molecule has 0 radical (unpaired) electrons. The first-order valence-electron chi connectivity index (χ1n) is 9.68. The van der Waals surface area contributed by atoms with E-state index in [9.17, 15) is 4.21 Å². The Morgan fingerprint density at radius 1 is 1.33 bits per heavy atom. The van der Waals surface area contributed by atoms with Crippen molar-refractivity contribution in [3.8, 4) is 11.3 Å². The van der Waals surface area contributed by atoms with Crippen molar-refractivity contribution >= 4 is 34.1 Å². The summed E-state index contributed by atoms with van der Waals surface area (Å²) in [7, 11) is -0.899. The Morgan fingerprint density at radius 2 is 2.17 bits per heavy atom. The number of pyridine rings is 1. The van der Waals surface area contributed by atoms with Crippen LogP contribution in [0.25, 0.3) is 16.8 Å². The van der Waals surface area contributed by atoms with Gasteiger partial charge < -0.3 is 16.2 Å². The molecule has 0 saturated carbocycles. The van der Waals surface area contributed by atoms with Gasteiger partial charge in [0, 0.05) is 38.0 Å². The summed E-state index contributed by atoms with van der Waals surface area (Å²) >= 11 is 6.18. The molecule has 2 atom stereocenters. The Hall–Kier alpha value is -2.11. The van der Waals surface area contributed by atoms with E-state index in [-0.39, 0.29) is 12.1 Å². The summed E-state index contributed by atoms with van der Waals surface area (Å²) in [5.41, 5.74) is 10.5. The predicted molar refractivity (Wildman–Crippen MR) is 117 cm³/mol. The molecular formula is C19H24ClN7O2S. The zero-order valence-corrected chi connectivity index (χ0v) is 18.2. The van der Waals surface area contributed by atoms with Gasteiger partial charge in [0.2, 0.25) is 5.95 Å². The Labute approximate surface area is 181 Å². The van der Waals surface area contributed by atoms with Crippen LogP contribution in [0.1, 0.15) is 24.1 Å². The number of aliphatic hydroxyl groups is 1. The van der Waals surface area contributed by atoms with Gasteiger partial charge in [-0.25, -0.2) is 23.0 Å². The lowest BCUT2D eigenvalue weighted by atomic mass is 10.1. The van der Waals surface area contributed by atoms with Gasteiger partial charge >= 0.3 is 0 Å². The molecule has 2 aliphatic rings. The molecule has 11 heteroatoms. The molecule has 9 nitrogen and oxygen atoms in total. The highest BCUT2D eigenvalue weighted by molar-refractivity contribution is 7.81. The largest absolute Gasteiger partial charge is 0.392 e. The highest BCUT2D eigenvalue weighted by Crippen LogP contribution is 2.31. The second kappa shape index (κ2) is 8.94. The monoisotopic (exact) mass is 449 g/mol. The Bertz CT molecular complexity index is 1090. The minimum absolute atomic E-state index is 0.201. The molecule has 5 heterocycles. The van der Waals surface area contributed by atoms with Crippen LogP contribution in [0.5, 0.6) is 0 Å². The van der Waals surface area contributed by atoms with Crippen LogP contribution in [0.2, 0.25) is 5.02 Å². The molecule has 160 valence electrons. The van der Waals surface area contributed by atoms with Gasteiger partial charge in [-0.05, 0) is 24.5 Å². The van der Waals surface area contributed by atoms with Gasteiger partial charge in [0.1, 0.15) is 0 Å². The number of nitrogens with two attached hydrogens (primary N) is 1. The van der Waals surface area contributed by atoms with Crippen molar-refractivity contribution in [2.24, 2.45) is 0 Å². The van der Waals surface area contributed by atoms with E-state index in [2.05, 4.69) is 26.4 Å². The van der Waals surface area contributed by atoms with E-state index in [1.54, 1.807) is 16.8 Å². The van der Waals surface area contributed by atoms with Crippen molar-refractivity contribution in [1.29, 1.82) is 0 Å². The molecule has 0 amide bonds. The van der Waals surface area contributed by atoms with Crippen LogP contribution in [-0.2, 0) is 24.1 Å². The number of anilines is 1. The zero-order chi connectivity index (χ0) is 21.3. The van der Waals surface area contributed by atoms with Crippen LogP contribution in [0.3, 0.4) is 0 Å². The van der Waals surface area contributed by atoms with Crippen LogP contribution >= 0.6 is 11.6 Å². The number of piperidine rings is 1. The summed E-state index contributed by atoms with van der Waals surface area (Å²) in [6.07, 6.45) is 6.48. The molecule has 1 fully saturated rings. The van der Waals surface area contributed by atoms with E-state index in [1.807, 2.05) is 10.6 Å². The van der Waals surface area contributed by atoms with Crippen molar-refractivity contribution in [1.82, 2.24) is 29.2 Å². The van der Waals surface area contributed by atoms with E-state index in [0.717, 1.165) is 43.6 Å². The summed E-state index contributed by atoms with van der Waals surface area (Å²) in [4.78, 5) is 8.11. The molecule has 30 heavy (non-hydrogen) atoms. The lowest BCUT2D eigenvalue weighted by molar-refractivity contribution is 0.110. The lowest BCUT2D eigenvalue weighted by Crippen LogP contribution is -2.38. The molecule has 0 aliphatic carbocycles. The summed E-state index contributed by atoms with van der Waals surface area (Å²) in [6.45, 7) is 3.12. The topological polar surface area (TPSA) is 122 Å². The first kappa shape index (κ1) is 21.1. The molecule has 2 aliphatic heterocycles. The third kappa shape index (κ3) is 4.33. The SMILES string of the molecule is CS(=O)N1CCCC(O)C1.Nc1ncc(Cl)c(-c2cnn3c4c(ccc23)CNC4)n1. The number of nitrogens with zero attached hydrogens (tertiary/aromatic N) is 5. The molecule has 1 saturated heterocycles. The number of fused-ring (bicyclic) bond motifs is 3.